The van der Waals surface area contributed by atoms with Gasteiger partial charge in [0.15, 0.2) is 11.6 Å². The van der Waals surface area contributed by atoms with Crippen LogP contribution in [0.3, 0.4) is 0 Å². The number of unbranched alkanes of at least 4 members (excludes halogenated alkanes) is 9. The van der Waals surface area contributed by atoms with Crippen LogP contribution < -0.4 is 4.74 Å². The number of carbonyl (C=O) groups is 1. The van der Waals surface area contributed by atoms with Crippen LogP contribution in [-0.4, -0.2) is 18.7 Å². The summed E-state index contributed by atoms with van der Waals surface area (Å²) in [5, 5.41) is 9.84. The lowest BCUT2D eigenvalue weighted by atomic mass is 9.71. The van der Waals surface area contributed by atoms with E-state index in [-0.39, 0.29) is 29.1 Å². The van der Waals surface area contributed by atoms with E-state index in [2.05, 4.69) is 19.9 Å². The first-order chi connectivity index (χ1) is 19.5. The Hall–Kier alpha value is -2.87. The van der Waals surface area contributed by atoms with Crippen molar-refractivity contribution in [1.82, 2.24) is 0 Å². The van der Waals surface area contributed by atoms with E-state index in [0.29, 0.717) is 12.2 Å². The third kappa shape index (κ3) is 9.95. The highest BCUT2D eigenvalue weighted by atomic mass is 19.1. The van der Waals surface area contributed by atoms with Crippen LogP contribution in [0.2, 0.25) is 0 Å². The monoisotopic (exact) mass is 549 g/mol. The first kappa shape index (κ1) is 31.7. The summed E-state index contributed by atoms with van der Waals surface area (Å²) >= 11 is 0. The van der Waals surface area contributed by atoms with E-state index in [1.807, 2.05) is 18.2 Å². The zero-order valence-corrected chi connectivity index (χ0v) is 24.7. The summed E-state index contributed by atoms with van der Waals surface area (Å²) in [6.45, 7) is 4.94. The van der Waals surface area contributed by atoms with Crippen LogP contribution in [0.15, 0.2) is 42.5 Å². The van der Waals surface area contributed by atoms with Crippen molar-refractivity contribution in [2.24, 2.45) is 5.41 Å². The number of ether oxygens (including phenoxy) is 2. The van der Waals surface area contributed by atoms with Gasteiger partial charge in [-0.15, -0.1) is 0 Å². The molecule has 0 aliphatic heterocycles. The van der Waals surface area contributed by atoms with Crippen LogP contribution in [0.1, 0.15) is 127 Å². The Kier molecular flexibility index (Phi) is 13.5. The summed E-state index contributed by atoms with van der Waals surface area (Å²) < 4.78 is 26.1. The molecule has 0 amide bonds. The number of hydrogen-bond acceptors (Lipinski definition) is 4. The van der Waals surface area contributed by atoms with Crippen molar-refractivity contribution < 1.29 is 18.7 Å². The number of carbonyl (C=O) groups excluding carboxylic acids is 1. The van der Waals surface area contributed by atoms with Crippen molar-refractivity contribution in [2.75, 3.05) is 6.61 Å². The number of halogens is 1. The molecule has 5 heteroatoms. The van der Waals surface area contributed by atoms with Gasteiger partial charge in [-0.2, -0.15) is 5.26 Å². The van der Waals surface area contributed by atoms with Crippen molar-refractivity contribution in [2.45, 2.75) is 123 Å². The molecule has 3 rings (SSSR count). The minimum absolute atomic E-state index is 0.147. The highest BCUT2D eigenvalue weighted by Gasteiger charge is 2.36. The van der Waals surface area contributed by atoms with Crippen molar-refractivity contribution in [3.8, 4) is 22.9 Å². The summed E-state index contributed by atoms with van der Waals surface area (Å²) in [4.78, 5) is 12.8. The van der Waals surface area contributed by atoms with E-state index in [1.165, 1.54) is 57.4 Å². The van der Waals surface area contributed by atoms with Gasteiger partial charge in [-0.3, -0.25) is 0 Å². The number of rotatable bonds is 17. The van der Waals surface area contributed by atoms with Crippen molar-refractivity contribution in [1.29, 1.82) is 5.26 Å². The normalized spacial score (nSPS) is 18.7. The lowest BCUT2D eigenvalue weighted by Crippen LogP contribution is -2.31. The number of nitriles is 1. The molecule has 0 unspecified atom stereocenters. The van der Waals surface area contributed by atoms with Crippen LogP contribution in [0, 0.1) is 22.6 Å². The van der Waals surface area contributed by atoms with Crippen LogP contribution in [0.4, 0.5) is 4.39 Å². The van der Waals surface area contributed by atoms with Crippen LogP contribution >= 0.6 is 0 Å². The standard InChI is InChI=1S/C35H48FNO3/c1-3-5-7-9-11-13-25-39-33-19-18-30(26-32(33)36)28-14-16-29(17-15-28)34(38)40-31-20-23-35(27-37,24-21-31)22-12-10-8-6-4-2/h14-19,26,31H,3-13,20-25H2,1-2H3. The second-order valence-electron chi connectivity index (χ2n) is 11.5. The Balaban J connectivity index is 1.45. The highest BCUT2D eigenvalue weighted by Crippen LogP contribution is 2.41. The van der Waals surface area contributed by atoms with Gasteiger partial charge in [0.25, 0.3) is 0 Å². The Morgan fingerprint density at radius 3 is 2.10 bits per heavy atom. The third-order valence-corrected chi connectivity index (χ3v) is 8.30. The van der Waals surface area contributed by atoms with E-state index < -0.39 is 0 Å². The first-order valence-corrected chi connectivity index (χ1v) is 15.7. The average Bonchev–Trinajstić information content (AvgIpc) is 2.98. The molecule has 4 nitrogen and oxygen atoms in total. The maximum atomic E-state index is 14.7. The Labute approximate surface area is 241 Å². The molecular formula is C35H48FNO3. The van der Waals surface area contributed by atoms with Crippen LogP contribution in [-0.2, 0) is 4.74 Å². The lowest BCUT2D eigenvalue weighted by Gasteiger charge is -2.34. The van der Waals surface area contributed by atoms with E-state index in [9.17, 15) is 14.4 Å². The molecule has 2 aromatic rings. The van der Waals surface area contributed by atoms with Gasteiger partial charge in [0.1, 0.15) is 6.10 Å². The number of esters is 1. The molecule has 0 bridgehead atoms. The largest absolute Gasteiger partial charge is 0.491 e. The molecule has 0 aromatic heterocycles. The van der Waals surface area contributed by atoms with Gasteiger partial charge in [-0.05, 0) is 73.9 Å². The fourth-order valence-corrected chi connectivity index (χ4v) is 5.63. The van der Waals surface area contributed by atoms with Gasteiger partial charge in [-0.1, -0.05) is 96.3 Å². The third-order valence-electron chi connectivity index (χ3n) is 8.30. The topological polar surface area (TPSA) is 59.3 Å². The molecule has 0 N–H and O–H groups in total. The van der Waals surface area contributed by atoms with Crippen LogP contribution in [0.5, 0.6) is 5.75 Å². The summed E-state index contributed by atoms with van der Waals surface area (Å²) in [6.07, 6.45) is 16.8. The molecule has 1 aliphatic carbocycles. The molecule has 0 radical (unpaired) electrons. The predicted octanol–water partition coefficient (Wildman–Crippen LogP) is 10.2. The molecule has 1 fully saturated rings. The highest BCUT2D eigenvalue weighted by molar-refractivity contribution is 5.90. The Bertz CT molecular complexity index is 1070. The fourth-order valence-electron chi connectivity index (χ4n) is 5.63. The zero-order chi connectivity index (χ0) is 28.6. The molecule has 218 valence electrons. The zero-order valence-electron chi connectivity index (χ0n) is 24.7. The lowest BCUT2D eigenvalue weighted by molar-refractivity contribution is 0.0105. The van der Waals surface area contributed by atoms with E-state index in [0.717, 1.165) is 62.5 Å². The summed E-state index contributed by atoms with van der Waals surface area (Å²) in [6, 6.07) is 14.7. The molecule has 1 saturated carbocycles. The summed E-state index contributed by atoms with van der Waals surface area (Å²) in [7, 11) is 0. The molecular weight excluding hydrogens is 501 g/mol. The average molecular weight is 550 g/mol. The number of benzene rings is 2. The van der Waals surface area contributed by atoms with Gasteiger partial charge in [-0.25, -0.2) is 9.18 Å². The van der Waals surface area contributed by atoms with Gasteiger partial charge in [0.05, 0.1) is 23.7 Å². The maximum Gasteiger partial charge on any atom is 0.338 e. The molecule has 40 heavy (non-hydrogen) atoms. The van der Waals surface area contributed by atoms with Crippen molar-refractivity contribution in [3.63, 3.8) is 0 Å². The molecule has 0 saturated heterocycles. The van der Waals surface area contributed by atoms with Crippen molar-refractivity contribution >= 4 is 5.97 Å². The fraction of sp³-hybridized carbons (Fsp3) is 0.600. The molecule has 0 heterocycles. The first-order valence-electron chi connectivity index (χ1n) is 15.7. The second kappa shape index (κ2) is 17.1. The Morgan fingerprint density at radius 1 is 0.875 bits per heavy atom. The molecule has 0 atom stereocenters. The SMILES string of the molecule is CCCCCCCCOc1ccc(-c2ccc(C(=O)OC3CCC(C#N)(CCCCCCC)CC3)cc2)cc1F. The van der Waals surface area contributed by atoms with Crippen molar-refractivity contribution in [3.05, 3.63) is 53.8 Å². The summed E-state index contributed by atoms with van der Waals surface area (Å²) in [5.74, 6) is -0.439. The minimum Gasteiger partial charge on any atom is -0.491 e. The predicted molar refractivity (Wildman–Crippen MR) is 160 cm³/mol. The van der Waals surface area contributed by atoms with E-state index >= 15 is 0 Å². The second-order valence-corrected chi connectivity index (χ2v) is 11.5. The molecule has 2 aromatic carbocycles. The summed E-state index contributed by atoms with van der Waals surface area (Å²) in [5.41, 5.74) is 1.78. The smallest absolute Gasteiger partial charge is 0.338 e. The maximum absolute atomic E-state index is 14.7. The van der Waals surface area contributed by atoms with Gasteiger partial charge < -0.3 is 9.47 Å². The van der Waals surface area contributed by atoms with Gasteiger partial charge in [0.2, 0.25) is 0 Å². The molecule has 1 aliphatic rings. The van der Waals surface area contributed by atoms with Gasteiger partial charge >= 0.3 is 5.97 Å². The number of nitrogens with zero attached hydrogens (tertiary/aromatic N) is 1. The van der Waals surface area contributed by atoms with E-state index in [4.69, 9.17) is 9.47 Å². The number of hydrogen-bond donors (Lipinski definition) is 0. The minimum atomic E-state index is -0.376. The quantitative estimate of drug-likeness (QED) is 0.145. The van der Waals surface area contributed by atoms with E-state index in [1.54, 1.807) is 18.2 Å². The van der Waals surface area contributed by atoms with Gasteiger partial charge in [0, 0.05) is 0 Å². The molecule has 0 spiro atoms. The Morgan fingerprint density at radius 2 is 1.48 bits per heavy atom. The van der Waals surface area contributed by atoms with Crippen LogP contribution in [0.25, 0.3) is 11.1 Å².